The number of ketones is 1. The van der Waals surface area contributed by atoms with Crippen molar-refractivity contribution in [3.63, 3.8) is 0 Å². The molecule has 1 fully saturated rings. The Labute approximate surface area is 187 Å². The van der Waals surface area contributed by atoms with E-state index in [0.717, 1.165) is 11.0 Å². The van der Waals surface area contributed by atoms with E-state index in [-0.39, 0.29) is 22.5 Å². The average Bonchev–Trinajstić information content (AvgIpc) is 3.09. The third-order valence-electron chi connectivity index (χ3n) is 5.29. The number of rotatable bonds is 5. The number of Topliss-reactive ketones (excluding diaryl/α,β-unsaturated/α-hetero) is 1. The first-order chi connectivity index (χ1) is 15.8. The Bertz CT molecular complexity index is 1300. The molecule has 0 aliphatic carbocycles. The van der Waals surface area contributed by atoms with Gasteiger partial charge in [0.25, 0.3) is 17.4 Å². The fourth-order valence-corrected chi connectivity index (χ4v) is 3.75. The maximum atomic E-state index is 14.0. The number of aliphatic hydroxyl groups is 1. The van der Waals surface area contributed by atoms with Gasteiger partial charge in [-0.15, -0.1) is 0 Å². The van der Waals surface area contributed by atoms with Crippen LogP contribution < -0.4 is 9.64 Å². The molecule has 1 N–H and O–H groups in total. The van der Waals surface area contributed by atoms with Gasteiger partial charge in [-0.05, 0) is 48.0 Å². The molecular weight excluding hydrogens is 431 g/mol. The van der Waals surface area contributed by atoms with E-state index >= 15 is 0 Å². The van der Waals surface area contributed by atoms with Crippen molar-refractivity contribution in [3.8, 4) is 5.75 Å². The summed E-state index contributed by atoms with van der Waals surface area (Å²) in [6.07, 6.45) is 0. The third kappa shape index (κ3) is 3.91. The number of methoxy groups -OCH3 is 1. The van der Waals surface area contributed by atoms with Gasteiger partial charge in [0.2, 0.25) is 0 Å². The maximum Gasteiger partial charge on any atom is 0.300 e. The minimum Gasteiger partial charge on any atom is -0.507 e. The van der Waals surface area contributed by atoms with Crippen LogP contribution in [0.25, 0.3) is 5.76 Å². The van der Waals surface area contributed by atoms with E-state index < -0.39 is 34.2 Å². The number of nitrogens with zero attached hydrogens (tertiary/aromatic N) is 2. The van der Waals surface area contributed by atoms with Gasteiger partial charge in [-0.25, -0.2) is 4.39 Å². The molecule has 1 aliphatic heterocycles. The van der Waals surface area contributed by atoms with E-state index in [2.05, 4.69) is 0 Å². The monoisotopic (exact) mass is 448 g/mol. The molecule has 0 bridgehead atoms. The maximum absolute atomic E-state index is 14.0. The molecule has 4 rings (SSSR count). The first-order valence-corrected chi connectivity index (χ1v) is 9.77. The normalized spacial score (nSPS) is 17.3. The lowest BCUT2D eigenvalue weighted by molar-refractivity contribution is -0.384. The Morgan fingerprint density at radius 2 is 1.76 bits per heavy atom. The standard InChI is InChI=1S/C24H17FN2O6/c1-33-19-7-2-4-15(12-19)21-20(22(28)14-8-10-17(11-9-14)27(31)32)23(29)24(30)26(21)18-6-3-5-16(25)13-18/h2-13,21,28H,1H3/b22-20+. The molecule has 1 aliphatic rings. The van der Waals surface area contributed by atoms with E-state index in [0.29, 0.717) is 11.3 Å². The van der Waals surface area contributed by atoms with Crippen LogP contribution in [0.4, 0.5) is 15.8 Å². The number of hydrogen-bond acceptors (Lipinski definition) is 6. The number of anilines is 1. The zero-order chi connectivity index (χ0) is 23.7. The van der Waals surface area contributed by atoms with Gasteiger partial charge in [-0.2, -0.15) is 0 Å². The number of carbonyl (C=O) groups is 2. The number of carbonyl (C=O) groups excluding carboxylic acids is 2. The van der Waals surface area contributed by atoms with Crippen LogP contribution >= 0.6 is 0 Å². The predicted molar refractivity (Wildman–Crippen MR) is 117 cm³/mol. The number of nitro groups is 1. The van der Waals surface area contributed by atoms with Crippen molar-refractivity contribution in [2.24, 2.45) is 0 Å². The second-order valence-corrected chi connectivity index (χ2v) is 7.23. The Hall–Kier alpha value is -4.53. The van der Waals surface area contributed by atoms with Gasteiger partial charge < -0.3 is 9.84 Å². The lowest BCUT2D eigenvalue weighted by Gasteiger charge is -2.25. The Morgan fingerprint density at radius 1 is 1.06 bits per heavy atom. The molecule has 8 nitrogen and oxygen atoms in total. The van der Waals surface area contributed by atoms with Crippen LogP contribution in [0.5, 0.6) is 5.75 Å². The fraction of sp³-hybridized carbons (Fsp3) is 0.0833. The molecule has 1 unspecified atom stereocenters. The smallest absolute Gasteiger partial charge is 0.300 e. The van der Waals surface area contributed by atoms with Crippen molar-refractivity contribution in [1.82, 2.24) is 0 Å². The van der Waals surface area contributed by atoms with Crippen molar-refractivity contribution in [3.05, 3.63) is 105 Å². The first kappa shape index (κ1) is 21.7. The van der Waals surface area contributed by atoms with Crippen LogP contribution in [0.1, 0.15) is 17.2 Å². The van der Waals surface area contributed by atoms with E-state index in [4.69, 9.17) is 4.74 Å². The fourth-order valence-electron chi connectivity index (χ4n) is 3.75. The highest BCUT2D eigenvalue weighted by Crippen LogP contribution is 2.43. The quantitative estimate of drug-likeness (QED) is 0.204. The van der Waals surface area contributed by atoms with Crippen LogP contribution in [-0.4, -0.2) is 28.8 Å². The van der Waals surface area contributed by atoms with E-state index in [1.54, 1.807) is 24.3 Å². The Balaban J connectivity index is 1.93. The van der Waals surface area contributed by atoms with E-state index in [9.17, 15) is 29.2 Å². The van der Waals surface area contributed by atoms with Crippen LogP contribution in [0.3, 0.4) is 0 Å². The average molecular weight is 448 g/mol. The van der Waals surface area contributed by atoms with Gasteiger partial charge >= 0.3 is 0 Å². The van der Waals surface area contributed by atoms with Crippen molar-refractivity contribution in [2.45, 2.75) is 6.04 Å². The molecule has 0 spiro atoms. The lowest BCUT2D eigenvalue weighted by atomic mass is 9.95. The summed E-state index contributed by atoms with van der Waals surface area (Å²) in [6.45, 7) is 0. The number of nitro benzene ring substituents is 1. The minimum absolute atomic E-state index is 0.116. The molecule has 0 saturated carbocycles. The molecule has 3 aromatic carbocycles. The van der Waals surface area contributed by atoms with Crippen molar-refractivity contribution in [1.29, 1.82) is 0 Å². The Morgan fingerprint density at radius 3 is 2.39 bits per heavy atom. The third-order valence-corrected chi connectivity index (χ3v) is 5.29. The van der Waals surface area contributed by atoms with Crippen molar-refractivity contribution in [2.75, 3.05) is 12.0 Å². The van der Waals surface area contributed by atoms with E-state index in [1.807, 2.05) is 0 Å². The highest BCUT2D eigenvalue weighted by Gasteiger charge is 2.47. The number of halogens is 1. The summed E-state index contributed by atoms with van der Waals surface area (Å²) in [5.74, 6) is -2.57. The highest BCUT2D eigenvalue weighted by atomic mass is 19.1. The number of non-ortho nitro benzene ring substituents is 1. The van der Waals surface area contributed by atoms with Gasteiger partial charge in [-0.3, -0.25) is 24.6 Å². The lowest BCUT2D eigenvalue weighted by Crippen LogP contribution is -2.29. The summed E-state index contributed by atoms with van der Waals surface area (Å²) in [7, 11) is 1.46. The van der Waals surface area contributed by atoms with Crippen LogP contribution in [0.15, 0.2) is 78.4 Å². The van der Waals surface area contributed by atoms with Gasteiger partial charge in [0.1, 0.15) is 17.3 Å². The van der Waals surface area contributed by atoms with Crippen LogP contribution in [0, 0.1) is 15.9 Å². The summed E-state index contributed by atoms with van der Waals surface area (Å²) in [6, 6.07) is 15.6. The zero-order valence-electron chi connectivity index (χ0n) is 17.3. The number of hydrogen-bond donors (Lipinski definition) is 1. The Kier molecular flexibility index (Phi) is 5.61. The summed E-state index contributed by atoms with van der Waals surface area (Å²) >= 11 is 0. The van der Waals surface area contributed by atoms with Gasteiger partial charge in [0, 0.05) is 23.4 Å². The summed E-state index contributed by atoms with van der Waals surface area (Å²) in [4.78, 5) is 37.5. The van der Waals surface area contributed by atoms with Gasteiger partial charge in [-0.1, -0.05) is 18.2 Å². The zero-order valence-corrected chi connectivity index (χ0v) is 17.3. The SMILES string of the molecule is COc1cccc(C2/C(=C(\O)c3ccc([N+](=O)[O-])cc3)C(=O)C(=O)N2c2cccc(F)c2)c1. The predicted octanol–water partition coefficient (Wildman–Crippen LogP) is 4.37. The summed E-state index contributed by atoms with van der Waals surface area (Å²) in [5, 5.41) is 22.0. The molecule has 166 valence electrons. The summed E-state index contributed by atoms with van der Waals surface area (Å²) in [5.41, 5.74) is 0.266. The molecule has 1 heterocycles. The molecule has 1 amide bonds. The number of aliphatic hydroxyl groups excluding tert-OH is 1. The molecule has 0 aromatic heterocycles. The van der Waals surface area contributed by atoms with Gasteiger partial charge in [0.05, 0.1) is 23.6 Å². The molecule has 1 saturated heterocycles. The highest BCUT2D eigenvalue weighted by molar-refractivity contribution is 6.51. The number of ether oxygens (including phenoxy) is 1. The molecule has 3 aromatic rings. The summed E-state index contributed by atoms with van der Waals surface area (Å²) < 4.78 is 19.2. The molecule has 1 atom stereocenters. The largest absolute Gasteiger partial charge is 0.507 e. The second kappa shape index (κ2) is 8.54. The van der Waals surface area contributed by atoms with Crippen LogP contribution in [-0.2, 0) is 9.59 Å². The van der Waals surface area contributed by atoms with Gasteiger partial charge in [0.15, 0.2) is 0 Å². The molecule has 33 heavy (non-hydrogen) atoms. The number of benzene rings is 3. The second-order valence-electron chi connectivity index (χ2n) is 7.23. The molecule has 9 heteroatoms. The van der Waals surface area contributed by atoms with Crippen LogP contribution in [0.2, 0.25) is 0 Å². The minimum atomic E-state index is -1.09. The van der Waals surface area contributed by atoms with E-state index in [1.165, 1.54) is 49.6 Å². The van der Waals surface area contributed by atoms with Crippen molar-refractivity contribution >= 4 is 28.8 Å². The van der Waals surface area contributed by atoms with Crippen molar-refractivity contribution < 1.29 is 28.7 Å². The number of amides is 1. The topological polar surface area (TPSA) is 110 Å². The molecule has 0 radical (unpaired) electrons. The first-order valence-electron chi connectivity index (χ1n) is 9.77. The molecular formula is C24H17FN2O6.